The Morgan fingerprint density at radius 2 is 2.30 bits per heavy atom. The minimum atomic E-state index is -1.10. The molecule has 1 aliphatic carbocycles. The van der Waals surface area contributed by atoms with Crippen LogP contribution >= 0.6 is 0 Å². The standard InChI is InChI=1S/C15H23N3O2/c1-17(14(19)15(20)5-2-3-6-15)11-12-4-8-18-9-7-16-13(18)10-12/h7,9,12,20H,2-6,8,10-11H2,1H3/t12-/m0/s1. The molecule has 0 bridgehead atoms. The second kappa shape index (κ2) is 5.20. The Morgan fingerprint density at radius 1 is 1.55 bits per heavy atom. The van der Waals surface area contributed by atoms with E-state index in [9.17, 15) is 9.90 Å². The summed E-state index contributed by atoms with van der Waals surface area (Å²) in [7, 11) is 1.82. The predicted molar refractivity (Wildman–Crippen MR) is 75.1 cm³/mol. The summed E-state index contributed by atoms with van der Waals surface area (Å²) in [4.78, 5) is 18.5. The first kappa shape index (κ1) is 13.6. The molecule has 0 unspecified atom stereocenters. The zero-order chi connectivity index (χ0) is 14.2. The van der Waals surface area contributed by atoms with Gasteiger partial charge in [-0.1, -0.05) is 0 Å². The van der Waals surface area contributed by atoms with E-state index < -0.39 is 5.60 Å². The highest BCUT2D eigenvalue weighted by Gasteiger charge is 2.41. The maximum Gasteiger partial charge on any atom is 0.254 e. The first-order chi connectivity index (χ1) is 9.58. The molecule has 1 amide bonds. The smallest absolute Gasteiger partial charge is 0.254 e. The summed E-state index contributed by atoms with van der Waals surface area (Å²) in [6.45, 7) is 1.69. The van der Waals surface area contributed by atoms with E-state index in [4.69, 9.17) is 0 Å². The van der Waals surface area contributed by atoms with Gasteiger partial charge in [-0.25, -0.2) is 4.98 Å². The fourth-order valence-electron chi connectivity index (χ4n) is 3.57. The molecule has 1 aliphatic heterocycles. The number of aromatic nitrogens is 2. The lowest BCUT2D eigenvalue weighted by molar-refractivity contribution is -0.149. The van der Waals surface area contributed by atoms with Gasteiger partial charge in [-0.2, -0.15) is 0 Å². The lowest BCUT2D eigenvalue weighted by Crippen LogP contribution is -2.47. The number of fused-ring (bicyclic) bond motifs is 1. The maximum absolute atomic E-state index is 12.4. The molecule has 0 saturated heterocycles. The van der Waals surface area contributed by atoms with Crippen LogP contribution in [0, 0.1) is 5.92 Å². The van der Waals surface area contributed by atoms with Crippen molar-refractivity contribution in [2.45, 2.75) is 50.7 Å². The molecular weight excluding hydrogens is 254 g/mol. The van der Waals surface area contributed by atoms with E-state index in [2.05, 4.69) is 9.55 Å². The number of carbonyl (C=O) groups is 1. The maximum atomic E-state index is 12.4. The zero-order valence-electron chi connectivity index (χ0n) is 12.1. The van der Waals surface area contributed by atoms with Crippen LogP contribution in [0.25, 0.3) is 0 Å². The first-order valence-corrected chi connectivity index (χ1v) is 7.56. The number of hydrogen-bond donors (Lipinski definition) is 1. The average Bonchev–Trinajstić information content (AvgIpc) is 3.06. The Balaban J connectivity index is 1.59. The fraction of sp³-hybridized carbons (Fsp3) is 0.733. The molecule has 1 N–H and O–H groups in total. The van der Waals surface area contributed by atoms with Crippen molar-refractivity contribution in [3.63, 3.8) is 0 Å². The quantitative estimate of drug-likeness (QED) is 0.903. The number of nitrogens with zero attached hydrogens (tertiary/aromatic N) is 3. The van der Waals surface area contributed by atoms with Crippen molar-refractivity contribution in [3.05, 3.63) is 18.2 Å². The number of carbonyl (C=O) groups excluding carboxylic acids is 1. The number of likely N-dealkylation sites (N-methyl/N-ethyl adjacent to an activating group) is 1. The molecule has 3 rings (SSSR count). The topological polar surface area (TPSA) is 58.4 Å². The molecule has 5 nitrogen and oxygen atoms in total. The molecule has 110 valence electrons. The highest BCUT2D eigenvalue weighted by Crippen LogP contribution is 2.31. The summed E-state index contributed by atoms with van der Waals surface area (Å²) < 4.78 is 2.18. The summed E-state index contributed by atoms with van der Waals surface area (Å²) in [6.07, 6.45) is 8.99. The summed E-state index contributed by atoms with van der Waals surface area (Å²) in [5, 5.41) is 10.4. The van der Waals surface area contributed by atoms with Gasteiger partial charge in [0.1, 0.15) is 11.4 Å². The van der Waals surface area contributed by atoms with E-state index in [1.807, 2.05) is 19.4 Å². The molecular formula is C15H23N3O2. The first-order valence-electron chi connectivity index (χ1n) is 7.56. The summed E-state index contributed by atoms with van der Waals surface area (Å²) in [5.41, 5.74) is -1.10. The highest BCUT2D eigenvalue weighted by atomic mass is 16.3. The van der Waals surface area contributed by atoms with Crippen LogP contribution < -0.4 is 0 Å². The van der Waals surface area contributed by atoms with Gasteiger partial charge in [0.05, 0.1) is 0 Å². The molecule has 2 aliphatic rings. The number of aryl methyl sites for hydroxylation is 1. The summed E-state index contributed by atoms with van der Waals surface area (Å²) >= 11 is 0. The zero-order valence-corrected chi connectivity index (χ0v) is 12.1. The van der Waals surface area contributed by atoms with Crippen LogP contribution in [0.5, 0.6) is 0 Å². The normalized spacial score (nSPS) is 24.4. The van der Waals surface area contributed by atoms with Gasteiger partial charge >= 0.3 is 0 Å². The van der Waals surface area contributed by atoms with Crippen LogP contribution in [0.1, 0.15) is 37.9 Å². The molecule has 1 fully saturated rings. The van der Waals surface area contributed by atoms with Crippen LogP contribution in [0.2, 0.25) is 0 Å². The lowest BCUT2D eigenvalue weighted by Gasteiger charge is -2.32. The van der Waals surface area contributed by atoms with Gasteiger partial charge in [-0.05, 0) is 38.0 Å². The van der Waals surface area contributed by atoms with E-state index in [1.54, 1.807) is 4.90 Å². The van der Waals surface area contributed by atoms with Crippen molar-refractivity contribution < 1.29 is 9.90 Å². The van der Waals surface area contributed by atoms with Crippen molar-refractivity contribution in [2.24, 2.45) is 5.92 Å². The van der Waals surface area contributed by atoms with Crippen molar-refractivity contribution in [1.82, 2.24) is 14.5 Å². The van der Waals surface area contributed by atoms with E-state index in [0.29, 0.717) is 25.3 Å². The Hall–Kier alpha value is -1.36. The van der Waals surface area contributed by atoms with Gasteiger partial charge in [0.2, 0.25) is 0 Å². The van der Waals surface area contributed by atoms with E-state index in [-0.39, 0.29) is 5.91 Å². The Labute approximate surface area is 119 Å². The second-order valence-electron chi connectivity index (χ2n) is 6.32. The molecule has 0 aromatic carbocycles. The molecule has 1 atom stereocenters. The lowest BCUT2D eigenvalue weighted by atomic mass is 9.95. The van der Waals surface area contributed by atoms with Gasteiger partial charge in [0.25, 0.3) is 5.91 Å². The van der Waals surface area contributed by atoms with Gasteiger partial charge < -0.3 is 14.6 Å². The minimum absolute atomic E-state index is 0.0936. The predicted octanol–water partition coefficient (Wildman–Crippen LogP) is 1.21. The Bertz CT molecular complexity index is 491. The molecule has 1 saturated carbocycles. The van der Waals surface area contributed by atoms with E-state index >= 15 is 0 Å². The van der Waals surface area contributed by atoms with Crippen molar-refractivity contribution >= 4 is 5.91 Å². The highest BCUT2D eigenvalue weighted by molar-refractivity contribution is 5.85. The monoisotopic (exact) mass is 277 g/mol. The van der Waals surface area contributed by atoms with Gasteiger partial charge in [0, 0.05) is 39.0 Å². The minimum Gasteiger partial charge on any atom is -0.380 e. The number of hydrogen-bond acceptors (Lipinski definition) is 3. The van der Waals surface area contributed by atoms with Crippen LogP contribution in [0.3, 0.4) is 0 Å². The average molecular weight is 277 g/mol. The van der Waals surface area contributed by atoms with Gasteiger partial charge in [-0.3, -0.25) is 4.79 Å². The molecule has 1 aromatic heterocycles. The van der Waals surface area contributed by atoms with E-state index in [1.165, 1.54) is 0 Å². The summed E-state index contributed by atoms with van der Waals surface area (Å²) in [6, 6.07) is 0. The number of imidazole rings is 1. The van der Waals surface area contributed by atoms with Crippen LogP contribution in [-0.2, 0) is 17.8 Å². The number of rotatable bonds is 3. The SMILES string of the molecule is CN(C[C@H]1CCn2ccnc2C1)C(=O)C1(O)CCCC1. The van der Waals surface area contributed by atoms with Crippen LogP contribution in [0.4, 0.5) is 0 Å². The Kier molecular flexibility index (Phi) is 3.54. The molecule has 0 radical (unpaired) electrons. The molecule has 0 spiro atoms. The van der Waals surface area contributed by atoms with Crippen LogP contribution in [0.15, 0.2) is 12.4 Å². The van der Waals surface area contributed by atoms with Gasteiger partial charge in [0.15, 0.2) is 0 Å². The van der Waals surface area contributed by atoms with Crippen LogP contribution in [-0.4, -0.2) is 44.7 Å². The van der Waals surface area contributed by atoms with E-state index in [0.717, 1.165) is 38.1 Å². The van der Waals surface area contributed by atoms with Gasteiger partial charge in [-0.15, -0.1) is 0 Å². The Morgan fingerprint density at radius 3 is 3.05 bits per heavy atom. The molecule has 1 aromatic rings. The third-order valence-corrected chi connectivity index (χ3v) is 4.76. The molecule has 2 heterocycles. The molecule has 5 heteroatoms. The number of amides is 1. The third-order valence-electron chi connectivity index (χ3n) is 4.76. The van der Waals surface area contributed by atoms with Crippen molar-refractivity contribution in [1.29, 1.82) is 0 Å². The van der Waals surface area contributed by atoms with Crippen molar-refractivity contribution in [3.8, 4) is 0 Å². The fourth-order valence-corrected chi connectivity index (χ4v) is 3.57. The third kappa shape index (κ3) is 2.46. The largest absolute Gasteiger partial charge is 0.380 e. The summed E-state index contributed by atoms with van der Waals surface area (Å²) in [5.74, 6) is 1.47. The number of aliphatic hydroxyl groups is 1. The second-order valence-corrected chi connectivity index (χ2v) is 6.32. The van der Waals surface area contributed by atoms with Crippen molar-refractivity contribution in [2.75, 3.05) is 13.6 Å². The molecule has 20 heavy (non-hydrogen) atoms.